The first-order valence-corrected chi connectivity index (χ1v) is 12.2. The number of fused-ring (bicyclic) bond motifs is 1. The summed E-state index contributed by atoms with van der Waals surface area (Å²) < 4.78 is 25.1. The van der Waals surface area contributed by atoms with E-state index in [0.29, 0.717) is 17.5 Å². The first kappa shape index (κ1) is 20.4. The van der Waals surface area contributed by atoms with Crippen molar-refractivity contribution in [3.05, 3.63) is 65.7 Å². The Hall–Kier alpha value is -1.89. The molecule has 1 heterocycles. The van der Waals surface area contributed by atoms with Crippen molar-refractivity contribution in [2.45, 2.75) is 31.3 Å². The van der Waals surface area contributed by atoms with E-state index in [1.165, 1.54) is 11.1 Å². The lowest BCUT2D eigenvalue weighted by Crippen LogP contribution is -2.32. The maximum absolute atomic E-state index is 11.3. The molecule has 0 amide bonds. The van der Waals surface area contributed by atoms with Gasteiger partial charge in [-0.15, -0.1) is 0 Å². The lowest BCUT2D eigenvalue weighted by molar-refractivity contribution is 0.0355. The first-order chi connectivity index (χ1) is 13.8. The Bertz CT molecular complexity index is 914. The van der Waals surface area contributed by atoms with Crippen LogP contribution >= 0.6 is 0 Å². The van der Waals surface area contributed by atoms with Gasteiger partial charge >= 0.3 is 0 Å². The van der Waals surface area contributed by atoms with Gasteiger partial charge in [0.05, 0.1) is 11.9 Å². The molecule has 2 N–H and O–H groups in total. The maximum Gasteiger partial charge on any atom is 0.229 e. The molecule has 2 aromatic carbocycles. The van der Waals surface area contributed by atoms with Gasteiger partial charge in [-0.3, -0.25) is 4.72 Å². The van der Waals surface area contributed by atoms with Crippen molar-refractivity contribution in [3.8, 4) is 0 Å². The molecule has 0 aromatic heterocycles. The number of rotatable bonds is 7. The topological polar surface area (TPSA) is 69.6 Å². The molecule has 1 saturated carbocycles. The number of hydrogen-bond acceptors (Lipinski definition) is 4. The summed E-state index contributed by atoms with van der Waals surface area (Å²) in [5.41, 5.74) is 2.48. The zero-order valence-corrected chi connectivity index (χ0v) is 17.7. The van der Waals surface area contributed by atoms with E-state index in [1.54, 1.807) is 0 Å². The van der Waals surface area contributed by atoms with E-state index in [-0.39, 0.29) is 0 Å². The minimum atomic E-state index is -3.23. The normalized spacial score (nSPS) is 27.1. The Morgan fingerprint density at radius 2 is 1.62 bits per heavy atom. The molecular weight excluding hydrogens is 384 g/mol. The van der Waals surface area contributed by atoms with Crippen molar-refractivity contribution in [2.75, 3.05) is 30.6 Å². The summed E-state index contributed by atoms with van der Waals surface area (Å²) in [5, 5.41) is 11.1. The fourth-order valence-electron chi connectivity index (χ4n) is 5.10. The van der Waals surface area contributed by atoms with E-state index in [4.69, 9.17) is 0 Å². The number of likely N-dealkylation sites (tertiary alicyclic amines) is 1. The molecule has 156 valence electrons. The fourth-order valence-corrected chi connectivity index (χ4v) is 5.67. The molecule has 0 bridgehead atoms. The summed E-state index contributed by atoms with van der Waals surface area (Å²) in [6.07, 6.45) is 4.66. The number of hydrogen-bond donors (Lipinski definition) is 2. The van der Waals surface area contributed by atoms with E-state index >= 15 is 0 Å². The van der Waals surface area contributed by atoms with E-state index in [1.807, 2.05) is 42.5 Å². The molecule has 1 aliphatic carbocycles. The number of nitrogens with zero attached hydrogens (tertiary/aromatic N) is 1. The van der Waals surface area contributed by atoms with Crippen molar-refractivity contribution in [3.63, 3.8) is 0 Å². The second-order valence-electron chi connectivity index (χ2n) is 8.90. The van der Waals surface area contributed by atoms with Crippen molar-refractivity contribution in [1.82, 2.24) is 4.90 Å². The van der Waals surface area contributed by atoms with Gasteiger partial charge in [-0.2, -0.15) is 0 Å². The quantitative estimate of drug-likeness (QED) is 0.731. The Balaban J connectivity index is 1.26. The Morgan fingerprint density at radius 1 is 1.00 bits per heavy atom. The molecule has 1 aliphatic heterocycles. The zero-order valence-electron chi connectivity index (χ0n) is 16.9. The second-order valence-corrected chi connectivity index (χ2v) is 10.6. The lowest BCUT2D eigenvalue weighted by atomic mass is 9.91. The predicted molar refractivity (Wildman–Crippen MR) is 116 cm³/mol. The molecular formula is C23H30N2O3S. The second kappa shape index (κ2) is 8.09. The van der Waals surface area contributed by atoms with Gasteiger partial charge in [-0.05, 0) is 54.4 Å². The van der Waals surface area contributed by atoms with Gasteiger partial charge in [0.15, 0.2) is 0 Å². The van der Waals surface area contributed by atoms with Gasteiger partial charge < -0.3 is 10.0 Å². The minimum absolute atomic E-state index is 0.550. The average molecular weight is 415 g/mol. The van der Waals surface area contributed by atoms with Crippen LogP contribution in [0.4, 0.5) is 5.69 Å². The molecule has 2 fully saturated rings. The summed E-state index contributed by atoms with van der Waals surface area (Å²) >= 11 is 0. The number of aliphatic hydroxyl groups is 1. The van der Waals surface area contributed by atoms with Gasteiger partial charge in [0.2, 0.25) is 10.0 Å². The van der Waals surface area contributed by atoms with E-state index in [0.717, 1.165) is 51.6 Å². The molecule has 2 aliphatic rings. The van der Waals surface area contributed by atoms with Crippen LogP contribution in [-0.4, -0.2) is 49.9 Å². The summed E-state index contributed by atoms with van der Waals surface area (Å²) in [6.45, 7) is 3.13. The minimum Gasteiger partial charge on any atom is -0.390 e. The van der Waals surface area contributed by atoms with Crippen molar-refractivity contribution in [1.29, 1.82) is 0 Å². The first-order valence-electron chi connectivity index (χ1n) is 10.3. The molecule has 1 unspecified atom stereocenters. The van der Waals surface area contributed by atoms with Gasteiger partial charge in [0, 0.05) is 31.7 Å². The van der Waals surface area contributed by atoms with Crippen LogP contribution in [0.5, 0.6) is 0 Å². The number of nitrogens with one attached hydrogen (secondary N) is 1. The molecule has 0 spiro atoms. The number of sulfonamides is 1. The Labute approximate surface area is 173 Å². The number of benzene rings is 2. The highest BCUT2D eigenvalue weighted by atomic mass is 32.2. The largest absolute Gasteiger partial charge is 0.390 e. The molecule has 29 heavy (non-hydrogen) atoms. The molecule has 4 rings (SSSR count). The van der Waals surface area contributed by atoms with Crippen molar-refractivity contribution >= 4 is 15.7 Å². The summed E-state index contributed by atoms with van der Waals surface area (Å²) in [7, 11) is -3.23. The molecule has 2 aromatic rings. The summed E-state index contributed by atoms with van der Waals surface area (Å²) in [6, 6.07) is 17.9. The van der Waals surface area contributed by atoms with Crippen LogP contribution in [0.15, 0.2) is 54.6 Å². The number of anilines is 1. The van der Waals surface area contributed by atoms with Crippen LogP contribution < -0.4 is 4.72 Å². The SMILES string of the molecule is CS(=O)(=O)Nc1ccc(CCN2C[C@@H]3CC(O)(Cc4ccccc4)C[C@@H]3C2)cc1. The highest BCUT2D eigenvalue weighted by Crippen LogP contribution is 2.45. The van der Waals surface area contributed by atoms with E-state index < -0.39 is 15.6 Å². The lowest BCUT2D eigenvalue weighted by Gasteiger charge is -2.26. The maximum atomic E-state index is 11.3. The monoisotopic (exact) mass is 414 g/mol. The highest BCUT2D eigenvalue weighted by Gasteiger charge is 2.47. The van der Waals surface area contributed by atoms with Gasteiger partial charge in [-0.25, -0.2) is 8.42 Å². The van der Waals surface area contributed by atoms with Crippen molar-refractivity contribution in [2.24, 2.45) is 11.8 Å². The smallest absolute Gasteiger partial charge is 0.229 e. The van der Waals surface area contributed by atoms with E-state index in [2.05, 4.69) is 21.8 Å². The van der Waals surface area contributed by atoms with Crippen LogP contribution in [0.1, 0.15) is 24.0 Å². The van der Waals surface area contributed by atoms with Crippen LogP contribution in [0.2, 0.25) is 0 Å². The Kier molecular flexibility index (Phi) is 5.69. The van der Waals surface area contributed by atoms with Gasteiger partial charge in [-0.1, -0.05) is 42.5 Å². The van der Waals surface area contributed by atoms with Gasteiger partial charge in [0.1, 0.15) is 0 Å². The molecule has 5 nitrogen and oxygen atoms in total. The van der Waals surface area contributed by atoms with Gasteiger partial charge in [0.25, 0.3) is 0 Å². The van der Waals surface area contributed by atoms with Crippen LogP contribution in [-0.2, 0) is 22.9 Å². The highest BCUT2D eigenvalue weighted by molar-refractivity contribution is 7.92. The Morgan fingerprint density at radius 3 is 2.21 bits per heavy atom. The van der Waals surface area contributed by atoms with Crippen LogP contribution in [0, 0.1) is 11.8 Å². The van der Waals surface area contributed by atoms with Crippen LogP contribution in [0.3, 0.4) is 0 Å². The standard InChI is InChI=1S/C23H30N2O3S/c1-29(27,28)24-22-9-7-18(8-10-22)11-12-25-16-20-14-23(26,15-21(20)17-25)13-19-5-3-2-4-6-19/h2-10,20-21,24,26H,11-17H2,1H3/t20-,21+,23?. The summed E-state index contributed by atoms with van der Waals surface area (Å²) in [4.78, 5) is 2.51. The van der Waals surface area contributed by atoms with Crippen LogP contribution in [0.25, 0.3) is 0 Å². The third-order valence-electron chi connectivity index (χ3n) is 6.29. The zero-order chi connectivity index (χ0) is 20.5. The molecule has 1 saturated heterocycles. The molecule has 6 heteroatoms. The average Bonchev–Trinajstić information content (AvgIpc) is 3.15. The molecule has 3 atom stereocenters. The summed E-state index contributed by atoms with van der Waals surface area (Å²) in [5.74, 6) is 1.18. The predicted octanol–water partition coefficient (Wildman–Crippen LogP) is 2.92. The molecule has 0 radical (unpaired) electrons. The van der Waals surface area contributed by atoms with Crippen molar-refractivity contribution < 1.29 is 13.5 Å². The third-order valence-corrected chi connectivity index (χ3v) is 6.89. The fraction of sp³-hybridized carbons (Fsp3) is 0.478. The van der Waals surface area contributed by atoms with E-state index in [9.17, 15) is 13.5 Å². The third kappa shape index (κ3) is 5.38.